The van der Waals surface area contributed by atoms with E-state index in [4.69, 9.17) is 6.11 Å². The van der Waals surface area contributed by atoms with E-state index in [9.17, 15) is 0 Å². The average molecular weight is 99.2 g/mol. The van der Waals surface area contributed by atoms with Gasteiger partial charge < -0.3 is 4.74 Å². The molecular formula is C6H10O. The summed E-state index contributed by atoms with van der Waals surface area (Å²) >= 11 is 0. The van der Waals surface area contributed by atoms with Gasteiger partial charge in [0.15, 0.2) is 0 Å². The Kier molecular flexibility index (Phi) is 0.537. The highest BCUT2D eigenvalue weighted by atomic mass is 16.6. The number of rotatable bonds is 0. The summed E-state index contributed by atoms with van der Waals surface area (Å²) in [6.45, 7) is 0. The van der Waals surface area contributed by atoms with Crippen molar-refractivity contribution in [1.82, 2.24) is 0 Å². The second-order valence-corrected chi connectivity index (χ2v) is 2.31. The Morgan fingerprint density at radius 2 is 2.43 bits per heavy atom. The maximum Gasteiger partial charge on any atom is 0.0841 e. The molecular weight excluding hydrogens is 88.1 g/mol. The highest BCUT2D eigenvalue weighted by Crippen LogP contribution is 2.35. The fourth-order valence-corrected chi connectivity index (χ4v) is 1.20. The summed E-state index contributed by atoms with van der Waals surface area (Å²) in [5.74, 6) is 0. The zero-order valence-corrected chi connectivity index (χ0v) is 4.26. The van der Waals surface area contributed by atoms with E-state index < -0.39 is 0 Å². The topological polar surface area (TPSA) is 12.5 Å². The van der Waals surface area contributed by atoms with Gasteiger partial charge in [0.05, 0.1) is 12.2 Å². The Morgan fingerprint density at radius 3 is 3.14 bits per heavy atom. The lowest BCUT2D eigenvalue weighted by atomic mass is 10.0. The van der Waals surface area contributed by atoms with Gasteiger partial charge in [0.1, 0.15) is 0 Å². The third-order valence-electron chi connectivity index (χ3n) is 1.71. The fraction of sp³-hybridized carbons (Fsp3) is 1.00. The second-order valence-electron chi connectivity index (χ2n) is 2.31. The quantitative estimate of drug-likeness (QED) is 0.417. The molecule has 3 atom stereocenters. The maximum atomic E-state index is 7.39. The van der Waals surface area contributed by atoms with Gasteiger partial charge in [0.25, 0.3) is 0 Å². The van der Waals surface area contributed by atoms with Gasteiger partial charge in [0.2, 0.25) is 0 Å². The minimum Gasteiger partial charge on any atom is -0.370 e. The molecule has 3 unspecified atom stereocenters. The summed E-state index contributed by atoms with van der Waals surface area (Å²) < 4.78 is 12.6. The highest BCUT2D eigenvalue weighted by Gasteiger charge is 2.39. The molecule has 40 valence electrons. The first-order valence-electron chi connectivity index (χ1n) is 3.53. The van der Waals surface area contributed by atoms with Gasteiger partial charge in [0, 0.05) is 1.37 Å². The van der Waals surface area contributed by atoms with E-state index in [1.807, 2.05) is 0 Å². The van der Waals surface area contributed by atoms with Crippen molar-refractivity contribution in [3.05, 3.63) is 0 Å². The smallest absolute Gasteiger partial charge is 0.0841 e. The van der Waals surface area contributed by atoms with Crippen LogP contribution in [0, 0.1) is 0 Å². The molecule has 1 aliphatic heterocycles. The number of ether oxygens (including phenoxy) is 1. The van der Waals surface area contributed by atoms with Crippen LogP contribution in [0.15, 0.2) is 0 Å². The van der Waals surface area contributed by atoms with E-state index in [-0.39, 0.29) is 6.40 Å². The molecule has 1 saturated carbocycles. The van der Waals surface area contributed by atoms with Crippen LogP contribution in [0.1, 0.15) is 27.0 Å². The van der Waals surface area contributed by atoms with E-state index in [1.54, 1.807) is 0 Å². The molecule has 1 heteroatoms. The van der Waals surface area contributed by atoms with E-state index in [0.29, 0.717) is 12.2 Å². The lowest BCUT2D eigenvalue weighted by Gasteiger charge is -2.00. The lowest BCUT2D eigenvalue weighted by Crippen LogP contribution is -2.00. The molecule has 0 aromatic heterocycles. The fourth-order valence-electron chi connectivity index (χ4n) is 1.20. The van der Waals surface area contributed by atoms with Crippen LogP contribution in [0.5, 0.6) is 0 Å². The molecule has 0 amide bonds. The monoisotopic (exact) mass is 99.1 g/mol. The van der Waals surface area contributed by atoms with Gasteiger partial charge >= 0.3 is 0 Å². The summed E-state index contributed by atoms with van der Waals surface area (Å²) in [5.41, 5.74) is 0. The number of epoxide rings is 1. The van der Waals surface area contributed by atoms with Crippen LogP contribution < -0.4 is 0 Å². The molecule has 1 heterocycles. The van der Waals surface area contributed by atoms with Crippen LogP contribution in [0.4, 0.5) is 0 Å². The third-order valence-corrected chi connectivity index (χ3v) is 1.71. The molecule has 7 heavy (non-hydrogen) atoms. The Morgan fingerprint density at radius 1 is 1.43 bits per heavy atom. The predicted octanol–water partition coefficient (Wildman–Crippen LogP) is 1.33. The molecule has 0 radical (unpaired) electrons. The van der Waals surface area contributed by atoms with E-state index >= 15 is 0 Å². The van der Waals surface area contributed by atoms with Gasteiger partial charge in [-0.1, -0.05) is 12.8 Å². The molecule has 0 spiro atoms. The maximum absolute atomic E-state index is 7.39. The predicted molar refractivity (Wildman–Crippen MR) is 27.1 cm³/mol. The normalized spacial score (nSPS) is 60.6. The Hall–Kier alpha value is -0.0400. The minimum absolute atomic E-state index is 0.105. The SMILES string of the molecule is [2H]C1CCCC2OC12. The van der Waals surface area contributed by atoms with Crippen LogP contribution in [-0.2, 0) is 4.74 Å². The summed E-state index contributed by atoms with van der Waals surface area (Å²) in [6, 6.07) is 0. The van der Waals surface area contributed by atoms with Crippen LogP contribution >= 0.6 is 0 Å². The van der Waals surface area contributed by atoms with Crippen molar-refractivity contribution in [2.45, 2.75) is 37.9 Å². The van der Waals surface area contributed by atoms with Gasteiger partial charge in [-0.25, -0.2) is 0 Å². The van der Waals surface area contributed by atoms with Gasteiger partial charge in [-0.15, -0.1) is 0 Å². The van der Waals surface area contributed by atoms with Gasteiger partial charge in [-0.2, -0.15) is 0 Å². The number of fused-ring (bicyclic) bond motifs is 1. The molecule has 0 bridgehead atoms. The van der Waals surface area contributed by atoms with Crippen molar-refractivity contribution in [2.75, 3.05) is 0 Å². The van der Waals surface area contributed by atoms with Crippen LogP contribution in [0.25, 0.3) is 0 Å². The molecule has 1 aliphatic carbocycles. The van der Waals surface area contributed by atoms with E-state index in [2.05, 4.69) is 0 Å². The molecule has 0 N–H and O–H groups in total. The van der Waals surface area contributed by atoms with Crippen molar-refractivity contribution in [2.24, 2.45) is 0 Å². The summed E-state index contributed by atoms with van der Waals surface area (Å²) in [7, 11) is 0. The lowest BCUT2D eigenvalue weighted by molar-refractivity contribution is 0.373. The van der Waals surface area contributed by atoms with Crippen molar-refractivity contribution in [3.63, 3.8) is 0 Å². The number of hydrogen-bond acceptors (Lipinski definition) is 1. The molecule has 2 aliphatic rings. The van der Waals surface area contributed by atoms with Crippen molar-refractivity contribution < 1.29 is 6.11 Å². The standard InChI is InChI=1S/C6H10O/c1-2-4-6-5(3-1)7-6/h5-6H,1-4H2/i3D. The minimum atomic E-state index is 0.105. The van der Waals surface area contributed by atoms with Crippen molar-refractivity contribution in [3.8, 4) is 0 Å². The largest absolute Gasteiger partial charge is 0.370 e. The Bertz CT molecular complexity index is 105. The summed E-state index contributed by atoms with van der Waals surface area (Å²) in [6.07, 6.45) is 4.40. The first-order chi connectivity index (χ1) is 3.88. The molecule has 1 saturated heterocycles. The first-order valence-corrected chi connectivity index (χ1v) is 2.95. The average Bonchev–Trinajstić information content (AvgIpc) is 2.45. The van der Waals surface area contributed by atoms with Gasteiger partial charge in [-0.3, -0.25) is 0 Å². The van der Waals surface area contributed by atoms with Crippen LogP contribution in [0.2, 0.25) is 0 Å². The zero-order valence-electron chi connectivity index (χ0n) is 5.26. The molecule has 2 fully saturated rings. The highest BCUT2D eigenvalue weighted by molar-refractivity contribution is 4.87. The van der Waals surface area contributed by atoms with E-state index in [0.717, 1.165) is 6.42 Å². The molecule has 1 nitrogen and oxygen atoms in total. The number of hydrogen-bond donors (Lipinski definition) is 0. The van der Waals surface area contributed by atoms with Crippen molar-refractivity contribution in [1.29, 1.82) is 0 Å². The van der Waals surface area contributed by atoms with E-state index in [1.165, 1.54) is 12.8 Å². The Labute approximate surface area is 45.1 Å². The third kappa shape index (κ3) is 0.556. The molecule has 0 aromatic rings. The van der Waals surface area contributed by atoms with Gasteiger partial charge in [-0.05, 0) is 12.8 Å². The summed E-state index contributed by atoms with van der Waals surface area (Å²) in [5, 5.41) is 0. The zero-order chi connectivity index (χ0) is 5.56. The molecule has 0 aromatic carbocycles. The van der Waals surface area contributed by atoms with Crippen molar-refractivity contribution >= 4 is 0 Å². The van der Waals surface area contributed by atoms with Crippen LogP contribution in [-0.4, -0.2) is 12.2 Å². The Balaban J connectivity index is 1.99. The second kappa shape index (κ2) is 1.22. The molecule has 2 rings (SSSR count). The summed E-state index contributed by atoms with van der Waals surface area (Å²) in [4.78, 5) is 0. The first kappa shape index (κ1) is 3.08. The van der Waals surface area contributed by atoms with Crippen LogP contribution in [0.3, 0.4) is 0 Å².